The van der Waals surface area contributed by atoms with Crippen molar-refractivity contribution in [2.24, 2.45) is 0 Å². The molecule has 2 heterocycles. The monoisotopic (exact) mass is 470 g/mol. The largest absolute Gasteiger partial charge is 0.383 e. The highest BCUT2D eigenvalue weighted by Crippen LogP contribution is 2.32. The van der Waals surface area contributed by atoms with Crippen molar-refractivity contribution in [1.29, 1.82) is 0 Å². The Morgan fingerprint density at radius 1 is 0.879 bits per heavy atom. The molecule has 1 atom stereocenters. The fraction of sp³-hybridized carbons (Fsp3) is 0.480. The average molecular weight is 471 g/mol. The van der Waals surface area contributed by atoms with Crippen LogP contribution < -0.4 is 0 Å². The third-order valence-electron chi connectivity index (χ3n) is 6.31. The lowest BCUT2D eigenvalue weighted by Crippen LogP contribution is -2.49. The van der Waals surface area contributed by atoms with Gasteiger partial charge >= 0.3 is 0 Å². The zero-order chi connectivity index (χ0) is 22.2. The second kappa shape index (κ2) is 12.8. The quantitative estimate of drug-likeness (QED) is 0.446. The third-order valence-corrected chi connectivity index (χ3v) is 6.31. The van der Waals surface area contributed by atoms with Crippen LogP contribution in [0, 0.1) is 0 Å². The van der Waals surface area contributed by atoms with Gasteiger partial charge in [-0.25, -0.2) is 4.68 Å². The SMILES string of the molecule is CCCC(c1nnnn1CCOC)N1CCN(C(c2ccccc2)c2ccccc2)CC1.Cl. The third kappa shape index (κ3) is 6.18. The van der Waals surface area contributed by atoms with Crippen molar-refractivity contribution >= 4 is 12.4 Å². The van der Waals surface area contributed by atoms with E-state index in [1.807, 2.05) is 4.68 Å². The molecule has 0 N–H and O–H groups in total. The van der Waals surface area contributed by atoms with Crippen molar-refractivity contribution < 1.29 is 4.74 Å². The summed E-state index contributed by atoms with van der Waals surface area (Å²) < 4.78 is 7.15. The van der Waals surface area contributed by atoms with Crippen LogP contribution in [0.2, 0.25) is 0 Å². The number of piperazine rings is 1. The molecule has 1 fully saturated rings. The van der Waals surface area contributed by atoms with Gasteiger partial charge < -0.3 is 4.74 Å². The van der Waals surface area contributed by atoms with E-state index in [0.717, 1.165) is 44.8 Å². The summed E-state index contributed by atoms with van der Waals surface area (Å²) >= 11 is 0. The van der Waals surface area contributed by atoms with Gasteiger partial charge in [-0.1, -0.05) is 74.0 Å². The first kappa shape index (κ1) is 25.3. The molecule has 0 spiro atoms. The average Bonchev–Trinajstić information content (AvgIpc) is 3.31. The molecule has 2 aromatic carbocycles. The summed E-state index contributed by atoms with van der Waals surface area (Å²) in [5, 5.41) is 12.6. The van der Waals surface area contributed by atoms with Crippen LogP contribution in [-0.2, 0) is 11.3 Å². The molecule has 4 rings (SSSR count). The summed E-state index contributed by atoms with van der Waals surface area (Å²) in [4.78, 5) is 5.17. The van der Waals surface area contributed by atoms with Gasteiger partial charge in [0, 0.05) is 33.3 Å². The first-order valence-electron chi connectivity index (χ1n) is 11.6. The summed E-state index contributed by atoms with van der Waals surface area (Å²) in [6, 6.07) is 22.2. The molecule has 1 unspecified atom stereocenters. The number of ether oxygens (including phenoxy) is 1. The Hall–Kier alpha value is -2.32. The lowest BCUT2D eigenvalue weighted by atomic mass is 9.96. The summed E-state index contributed by atoms with van der Waals surface area (Å²) in [6.07, 6.45) is 2.15. The van der Waals surface area contributed by atoms with Crippen LogP contribution in [0.1, 0.15) is 48.8 Å². The molecule has 0 aliphatic carbocycles. The molecule has 3 aromatic rings. The van der Waals surface area contributed by atoms with E-state index in [1.54, 1.807) is 7.11 Å². The van der Waals surface area contributed by atoms with Gasteiger partial charge in [0.2, 0.25) is 0 Å². The minimum atomic E-state index is 0. The van der Waals surface area contributed by atoms with E-state index in [1.165, 1.54) is 11.1 Å². The normalized spacial score (nSPS) is 16.0. The number of hydrogen-bond donors (Lipinski definition) is 0. The lowest BCUT2D eigenvalue weighted by molar-refractivity contribution is 0.0692. The molecule has 0 bridgehead atoms. The van der Waals surface area contributed by atoms with Gasteiger partial charge in [0.1, 0.15) is 0 Å². The number of rotatable bonds is 10. The molecule has 1 saturated heterocycles. The maximum absolute atomic E-state index is 5.24. The van der Waals surface area contributed by atoms with Crippen LogP contribution in [0.3, 0.4) is 0 Å². The number of tetrazole rings is 1. The van der Waals surface area contributed by atoms with Crippen molar-refractivity contribution in [3.05, 3.63) is 77.6 Å². The highest BCUT2D eigenvalue weighted by atomic mass is 35.5. The minimum absolute atomic E-state index is 0. The first-order chi connectivity index (χ1) is 15.8. The Balaban J connectivity index is 0.00000306. The fourth-order valence-corrected chi connectivity index (χ4v) is 4.73. The minimum Gasteiger partial charge on any atom is -0.383 e. The van der Waals surface area contributed by atoms with Gasteiger partial charge in [-0.3, -0.25) is 9.80 Å². The van der Waals surface area contributed by atoms with E-state index in [2.05, 4.69) is 92.9 Å². The summed E-state index contributed by atoms with van der Waals surface area (Å²) in [6.45, 7) is 7.54. The van der Waals surface area contributed by atoms with Crippen molar-refractivity contribution in [2.75, 3.05) is 39.9 Å². The number of aromatic nitrogens is 4. The Kier molecular flexibility index (Phi) is 9.81. The molecule has 7 nitrogen and oxygen atoms in total. The van der Waals surface area contributed by atoms with E-state index in [4.69, 9.17) is 4.74 Å². The van der Waals surface area contributed by atoms with Crippen LogP contribution in [0.5, 0.6) is 0 Å². The Morgan fingerprint density at radius 3 is 2.00 bits per heavy atom. The second-order valence-electron chi connectivity index (χ2n) is 8.35. The first-order valence-corrected chi connectivity index (χ1v) is 11.6. The number of hydrogen-bond acceptors (Lipinski definition) is 6. The number of methoxy groups -OCH3 is 1. The lowest BCUT2D eigenvalue weighted by Gasteiger charge is -2.42. The van der Waals surface area contributed by atoms with Crippen molar-refractivity contribution in [1.82, 2.24) is 30.0 Å². The van der Waals surface area contributed by atoms with Gasteiger partial charge in [-0.05, 0) is 28.0 Å². The van der Waals surface area contributed by atoms with Crippen molar-refractivity contribution in [3.63, 3.8) is 0 Å². The zero-order valence-corrected chi connectivity index (χ0v) is 20.4. The molecule has 1 aliphatic heterocycles. The van der Waals surface area contributed by atoms with Crippen LogP contribution in [0.4, 0.5) is 0 Å². The fourth-order valence-electron chi connectivity index (χ4n) is 4.73. The molecule has 0 radical (unpaired) electrons. The molecule has 1 aliphatic rings. The molecule has 0 saturated carbocycles. The van der Waals surface area contributed by atoms with Gasteiger partial charge in [0.25, 0.3) is 0 Å². The predicted molar refractivity (Wildman–Crippen MR) is 132 cm³/mol. The number of benzene rings is 2. The van der Waals surface area contributed by atoms with Gasteiger partial charge in [0.15, 0.2) is 5.82 Å². The van der Waals surface area contributed by atoms with Crippen molar-refractivity contribution in [2.45, 2.75) is 38.4 Å². The van der Waals surface area contributed by atoms with Gasteiger partial charge in [-0.2, -0.15) is 0 Å². The zero-order valence-electron chi connectivity index (χ0n) is 19.6. The van der Waals surface area contributed by atoms with E-state index in [-0.39, 0.29) is 24.5 Å². The van der Waals surface area contributed by atoms with E-state index < -0.39 is 0 Å². The Labute approximate surface area is 203 Å². The summed E-state index contributed by atoms with van der Waals surface area (Å²) in [5.41, 5.74) is 2.70. The highest BCUT2D eigenvalue weighted by Gasteiger charge is 2.31. The van der Waals surface area contributed by atoms with Crippen LogP contribution >= 0.6 is 12.4 Å². The standard InChI is InChI=1S/C25H34N6O.ClH/c1-3-10-23(25-26-27-28-31(25)19-20-32-2)29-15-17-30(18-16-29)24(21-11-6-4-7-12-21)22-13-8-5-9-14-22;/h4-9,11-14,23-24H,3,10,15-20H2,1-2H3;1H. The topological polar surface area (TPSA) is 59.3 Å². The van der Waals surface area contributed by atoms with Gasteiger partial charge in [-0.15, -0.1) is 17.5 Å². The highest BCUT2D eigenvalue weighted by molar-refractivity contribution is 5.85. The van der Waals surface area contributed by atoms with E-state index in [9.17, 15) is 0 Å². The Bertz CT molecular complexity index is 891. The second-order valence-corrected chi connectivity index (χ2v) is 8.35. The van der Waals surface area contributed by atoms with Crippen LogP contribution in [-0.4, -0.2) is 69.9 Å². The van der Waals surface area contributed by atoms with Crippen LogP contribution in [0.25, 0.3) is 0 Å². The molecule has 33 heavy (non-hydrogen) atoms. The van der Waals surface area contributed by atoms with Crippen molar-refractivity contribution in [3.8, 4) is 0 Å². The number of halogens is 1. The summed E-state index contributed by atoms with van der Waals surface area (Å²) in [5.74, 6) is 0.958. The van der Waals surface area contributed by atoms with E-state index in [0.29, 0.717) is 13.2 Å². The van der Waals surface area contributed by atoms with E-state index >= 15 is 0 Å². The summed E-state index contributed by atoms with van der Waals surface area (Å²) in [7, 11) is 1.71. The molecule has 8 heteroatoms. The maximum atomic E-state index is 5.24. The molecule has 1 aromatic heterocycles. The molecule has 0 amide bonds. The molecular formula is C25H35ClN6O. The maximum Gasteiger partial charge on any atom is 0.168 e. The predicted octanol–water partition coefficient (Wildman–Crippen LogP) is 3.99. The van der Waals surface area contributed by atoms with Crippen LogP contribution in [0.15, 0.2) is 60.7 Å². The van der Waals surface area contributed by atoms with Gasteiger partial charge in [0.05, 0.1) is 25.2 Å². The smallest absolute Gasteiger partial charge is 0.168 e. The molecule has 178 valence electrons. The number of nitrogens with zero attached hydrogens (tertiary/aromatic N) is 6. The Morgan fingerprint density at radius 2 is 1.45 bits per heavy atom. The molecular weight excluding hydrogens is 436 g/mol.